The van der Waals surface area contributed by atoms with E-state index in [0.717, 1.165) is 7.05 Å². The molecule has 1 aromatic rings. The highest BCUT2D eigenvalue weighted by Crippen LogP contribution is 2.48. The standard InChI is InChI=1S/C15H15Cl2F3N2O4/c1-3-26-12(23)9-11(7-5-4-6-8(16)10(7)17)21-13(24)22(2)14(9,25)15(18,19)20/h4-6,9,11,25H,3H2,1-2H3,(H,21,24)/t9-,11+,14+/m0/s1. The number of halogens is 5. The van der Waals surface area contributed by atoms with E-state index < -0.39 is 35.9 Å². The lowest BCUT2D eigenvalue weighted by atomic mass is 9.81. The minimum Gasteiger partial charge on any atom is -0.466 e. The largest absolute Gasteiger partial charge is 0.466 e. The molecule has 11 heteroatoms. The number of alkyl halides is 3. The highest BCUT2D eigenvalue weighted by Gasteiger charge is 2.70. The molecule has 3 atom stereocenters. The number of carbonyl (C=O) groups excluding carboxylic acids is 2. The maximum Gasteiger partial charge on any atom is 0.437 e. The number of nitrogens with one attached hydrogen (secondary N) is 1. The van der Waals surface area contributed by atoms with Crippen molar-refractivity contribution in [2.75, 3.05) is 13.7 Å². The Morgan fingerprint density at radius 3 is 2.58 bits per heavy atom. The molecule has 6 nitrogen and oxygen atoms in total. The van der Waals surface area contributed by atoms with E-state index in [1.54, 1.807) is 0 Å². The van der Waals surface area contributed by atoms with Gasteiger partial charge in [0.2, 0.25) is 0 Å². The predicted molar refractivity (Wildman–Crippen MR) is 86.6 cm³/mol. The maximum atomic E-state index is 13.7. The summed E-state index contributed by atoms with van der Waals surface area (Å²) in [6.07, 6.45) is -5.35. The van der Waals surface area contributed by atoms with Crippen molar-refractivity contribution in [3.8, 4) is 0 Å². The van der Waals surface area contributed by atoms with Gasteiger partial charge in [0.05, 0.1) is 22.7 Å². The van der Waals surface area contributed by atoms with Crippen LogP contribution in [0.2, 0.25) is 10.0 Å². The second-order valence-electron chi connectivity index (χ2n) is 5.58. The molecule has 1 saturated heterocycles. The lowest BCUT2D eigenvalue weighted by Gasteiger charge is -2.49. The van der Waals surface area contributed by atoms with E-state index >= 15 is 0 Å². The monoisotopic (exact) mass is 414 g/mol. The van der Waals surface area contributed by atoms with Gasteiger partial charge in [0.1, 0.15) is 5.92 Å². The number of rotatable bonds is 3. The summed E-state index contributed by atoms with van der Waals surface area (Å²) in [6.45, 7) is 1.17. The van der Waals surface area contributed by atoms with E-state index in [-0.39, 0.29) is 27.1 Å². The quantitative estimate of drug-likeness (QED) is 0.744. The van der Waals surface area contributed by atoms with Crippen LogP contribution in [0.5, 0.6) is 0 Å². The lowest BCUT2D eigenvalue weighted by molar-refractivity contribution is -0.328. The first kappa shape index (κ1) is 20.6. The molecule has 0 bridgehead atoms. The number of benzene rings is 1. The number of urea groups is 1. The molecule has 1 heterocycles. The third-order valence-corrected chi connectivity index (χ3v) is 4.97. The Morgan fingerprint density at radius 1 is 1.42 bits per heavy atom. The number of hydrogen-bond donors (Lipinski definition) is 2. The number of ether oxygens (including phenoxy) is 1. The van der Waals surface area contributed by atoms with Gasteiger partial charge in [-0.25, -0.2) is 4.79 Å². The summed E-state index contributed by atoms with van der Waals surface area (Å²) in [4.78, 5) is 24.5. The summed E-state index contributed by atoms with van der Waals surface area (Å²) >= 11 is 11.9. The number of amides is 2. The molecule has 0 spiro atoms. The molecular formula is C15H15Cl2F3N2O4. The Morgan fingerprint density at radius 2 is 2.04 bits per heavy atom. The topological polar surface area (TPSA) is 78.9 Å². The normalized spacial score (nSPS) is 26.5. The van der Waals surface area contributed by atoms with Crippen LogP contribution in [0.1, 0.15) is 18.5 Å². The Bertz CT molecular complexity index is 731. The zero-order valence-electron chi connectivity index (χ0n) is 13.6. The van der Waals surface area contributed by atoms with E-state index in [0.29, 0.717) is 0 Å². The third kappa shape index (κ3) is 3.19. The van der Waals surface area contributed by atoms with Gasteiger partial charge in [-0.05, 0) is 18.6 Å². The fourth-order valence-corrected chi connectivity index (χ4v) is 3.25. The Hall–Kier alpha value is -1.71. The first-order valence-corrected chi connectivity index (χ1v) is 8.16. The molecule has 1 aliphatic rings. The Balaban J connectivity index is 2.71. The van der Waals surface area contributed by atoms with Crippen molar-refractivity contribution in [2.24, 2.45) is 5.92 Å². The molecule has 2 rings (SSSR count). The van der Waals surface area contributed by atoms with Gasteiger partial charge < -0.3 is 15.2 Å². The van der Waals surface area contributed by atoms with Crippen molar-refractivity contribution in [1.82, 2.24) is 10.2 Å². The molecule has 0 saturated carbocycles. The van der Waals surface area contributed by atoms with Crippen molar-refractivity contribution in [3.05, 3.63) is 33.8 Å². The summed E-state index contributed by atoms with van der Waals surface area (Å²) in [5.41, 5.74) is -3.86. The fourth-order valence-electron chi connectivity index (χ4n) is 2.83. The van der Waals surface area contributed by atoms with E-state index in [9.17, 15) is 27.9 Å². The van der Waals surface area contributed by atoms with Gasteiger partial charge in [0.15, 0.2) is 0 Å². The van der Waals surface area contributed by atoms with Crippen molar-refractivity contribution in [2.45, 2.75) is 24.9 Å². The van der Waals surface area contributed by atoms with Gasteiger partial charge in [-0.15, -0.1) is 0 Å². The van der Waals surface area contributed by atoms with E-state index in [1.807, 2.05) is 0 Å². The summed E-state index contributed by atoms with van der Waals surface area (Å²) in [7, 11) is 0.727. The van der Waals surface area contributed by atoms with Gasteiger partial charge >= 0.3 is 18.2 Å². The zero-order valence-corrected chi connectivity index (χ0v) is 15.1. The van der Waals surface area contributed by atoms with Crippen molar-refractivity contribution < 1.29 is 32.6 Å². The molecule has 144 valence electrons. The number of esters is 1. The van der Waals surface area contributed by atoms with Crippen LogP contribution in [0.3, 0.4) is 0 Å². The van der Waals surface area contributed by atoms with Gasteiger partial charge in [0, 0.05) is 7.05 Å². The smallest absolute Gasteiger partial charge is 0.437 e. The van der Waals surface area contributed by atoms with Gasteiger partial charge in [-0.2, -0.15) is 13.2 Å². The Labute approximate surface area is 156 Å². The van der Waals surface area contributed by atoms with E-state index in [1.165, 1.54) is 25.1 Å². The number of hydrogen-bond acceptors (Lipinski definition) is 4. The Kier molecular flexibility index (Phi) is 5.65. The van der Waals surface area contributed by atoms with Crippen LogP contribution in [-0.2, 0) is 9.53 Å². The van der Waals surface area contributed by atoms with Gasteiger partial charge in [0.25, 0.3) is 5.72 Å². The van der Waals surface area contributed by atoms with Crippen LogP contribution in [0, 0.1) is 5.92 Å². The molecular weight excluding hydrogens is 400 g/mol. The molecule has 1 aromatic carbocycles. The summed E-state index contributed by atoms with van der Waals surface area (Å²) < 4.78 is 45.9. The molecule has 2 N–H and O–H groups in total. The van der Waals surface area contributed by atoms with E-state index in [4.69, 9.17) is 27.9 Å². The van der Waals surface area contributed by atoms with Crippen molar-refractivity contribution in [3.63, 3.8) is 0 Å². The highest BCUT2D eigenvalue weighted by atomic mass is 35.5. The zero-order chi connectivity index (χ0) is 19.9. The number of aliphatic hydroxyl groups is 1. The number of nitrogens with zero attached hydrogens (tertiary/aromatic N) is 1. The molecule has 0 aliphatic carbocycles. The third-order valence-electron chi connectivity index (χ3n) is 4.14. The average molecular weight is 415 g/mol. The van der Waals surface area contributed by atoms with Crippen LogP contribution in [0.15, 0.2) is 18.2 Å². The molecule has 26 heavy (non-hydrogen) atoms. The van der Waals surface area contributed by atoms with Gasteiger partial charge in [-0.1, -0.05) is 35.3 Å². The molecule has 2 amide bonds. The van der Waals surface area contributed by atoms with E-state index in [2.05, 4.69) is 5.32 Å². The van der Waals surface area contributed by atoms with Gasteiger partial charge in [-0.3, -0.25) is 9.69 Å². The van der Waals surface area contributed by atoms with Crippen LogP contribution < -0.4 is 5.32 Å². The maximum absolute atomic E-state index is 13.7. The van der Waals surface area contributed by atoms with Crippen LogP contribution in [0.25, 0.3) is 0 Å². The van der Waals surface area contributed by atoms with Crippen molar-refractivity contribution in [1.29, 1.82) is 0 Å². The summed E-state index contributed by atoms with van der Waals surface area (Å²) in [6, 6.07) is 1.22. The second kappa shape index (κ2) is 7.13. The number of carbonyl (C=O) groups is 2. The summed E-state index contributed by atoms with van der Waals surface area (Å²) in [5.74, 6) is -3.58. The molecule has 0 radical (unpaired) electrons. The second-order valence-corrected chi connectivity index (χ2v) is 6.37. The molecule has 1 aliphatic heterocycles. The SMILES string of the molecule is CCOC(=O)[C@@H]1[C@@H](c2cccc(Cl)c2Cl)NC(=O)N(C)[C@]1(O)C(F)(F)F. The average Bonchev–Trinajstić information content (AvgIpc) is 2.54. The molecule has 1 fully saturated rings. The predicted octanol–water partition coefficient (Wildman–Crippen LogP) is 3.12. The fraction of sp³-hybridized carbons (Fsp3) is 0.467. The summed E-state index contributed by atoms with van der Waals surface area (Å²) in [5, 5.41) is 12.6. The van der Waals surface area contributed by atoms with Crippen LogP contribution in [0.4, 0.5) is 18.0 Å². The van der Waals surface area contributed by atoms with Crippen molar-refractivity contribution >= 4 is 35.2 Å². The first-order valence-electron chi connectivity index (χ1n) is 7.40. The van der Waals surface area contributed by atoms with Crippen LogP contribution in [-0.4, -0.2) is 47.6 Å². The lowest BCUT2D eigenvalue weighted by Crippen LogP contribution is -2.73. The molecule has 0 aromatic heterocycles. The highest BCUT2D eigenvalue weighted by molar-refractivity contribution is 6.42. The minimum absolute atomic E-state index is 0.00972. The van der Waals surface area contributed by atoms with Crippen LogP contribution >= 0.6 is 23.2 Å². The minimum atomic E-state index is -5.35. The molecule has 0 unspecified atom stereocenters. The first-order chi connectivity index (χ1) is 12.0.